The quantitative estimate of drug-likeness (QED) is 0.185. The van der Waals surface area contributed by atoms with Crippen molar-refractivity contribution in [2.75, 3.05) is 0 Å². The molecule has 0 unspecified atom stereocenters. The van der Waals surface area contributed by atoms with Gasteiger partial charge in [0.05, 0.1) is 0 Å². The second-order valence-corrected chi connectivity index (χ2v) is 13.5. The van der Waals surface area contributed by atoms with Crippen molar-refractivity contribution in [1.82, 2.24) is 15.0 Å². The second-order valence-electron chi connectivity index (χ2n) is 12.4. The predicted molar refractivity (Wildman–Crippen MR) is 207 cm³/mol. The first kappa shape index (κ1) is 28.6. The summed E-state index contributed by atoms with van der Waals surface area (Å²) in [5, 5.41) is 4.64. The lowest BCUT2D eigenvalue weighted by Gasteiger charge is -2.09. The molecule has 0 amide bonds. The van der Waals surface area contributed by atoms with Crippen molar-refractivity contribution in [2.24, 2.45) is 0 Å². The molecule has 0 radical (unpaired) electrons. The van der Waals surface area contributed by atoms with E-state index in [1.165, 1.54) is 31.3 Å². The van der Waals surface area contributed by atoms with Crippen LogP contribution in [0, 0.1) is 0 Å². The number of hydrogen-bond donors (Lipinski definition) is 0. The van der Waals surface area contributed by atoms with Crippen molar-refractivity contribution >= 4 is 53.4 Å². The molecule has 0 saturated carbocycles. The molecule has 0 saturated heterocycles. The van der Waals surface area contributed by atoms with Crippen LogP contribution in [0.2, 0.25) is 0 Å². The smallest absolute Gasteiger partial charge is 0.164 e. The maximum atomic E-state index is 6.53. The first-order valence-corrected chi connectivity index (χ1v) is 17.4. The van der Waals surface area contributed by atoms with Crippen LogP contribution in [-0.4, -0.2) is 15.0 Å². The number of nitrogens with zero attached hydrogens (tertiary/aromatic N) is 3. The van der Waals surface area contributed by atoms with Gasteiger partial charge in [0.15, 0.2) is 17.5 Å². The Bertz CT molecular complexity index is 2820. The van der Waals surface area contributed by atoms with Gasteiger partial charge in [-0.15, -0.1) is 11.3 Å². The van der Waals surface area contributed by atoms with Crippen molar-refractivity contribution < 1.29 is 4.42 Å². The highest BCUT2D eigenvalue weighted by molar-refractivity contribution is 7.25. The molecule has 10 aromatic rings. The summed E-state index contributed by atoms with van der Waals surface area (Å²) >= 11 is 1.85. The van der Waals surface area contributed by atoms with E-state index >= 15 is 0 Å². The molecule has 0 N–H and O–H groups in total. The van der Waals surface area contributed by atoms with Crippen LogP contribution in [0.1, 0.15) is 0 Å². The Labute approximate surface area is 292 Å². The van der Waals surface area contributed by atoms with Gasteiger partial charge in [-0.2, -0.15) is 0 Å². The number of thiophene rings is 1. The van der Waals surface area contributed by atoms with E-state index in [9.17, 15) is 0 Å². The van der Waals surface area contributed by atoms with Crippen LogP contribution in [0.4, 0.5) is 0 Å². The van der Waals surface area contributed by atoms with Crippen molar-refractivity contribution in [3.05, 3.63) is 164 Å². The Morgan fingerprint density at radius 1 is 0.360 bits per heavy atom. The molecule has 4 nitrogen and oxygen atoms in total. The molecule has 3 heterocycles. The van der Waals surface area contributed by atoms with Crippen molar-refractivity contribution in [2.45, 2.75) is 0 Å². The first-order valence-electron chi connectivity index (χ1n) is 16.6. The normalized spacial score (nSPS) is 11.6. The van der Waals surface area contributed by atoms with Gasteiger partial charge in [-0.05, 0) is 58.7 Å². The lowest BCUT2D eigenvalue weighted by molar-refractivity contribution is 0.669. The fourth-order valence-electron chi connectivity index (χ4n) is 6.90. The molecule has 0 aliphatic rings. The average molecular weight is 658 g/mol. The Kier molecular flexibility index (Phi) is 6.64. The third kappa shape index (κ3) is 4.87. The van der Waals surface area contributed by atoms with Gasteiger partial charge in [-0.3, -0.25) is 0 Å². The fourth-order valence-corrected chi connectivity index (χ4v) is 8.05. The van der Waals surface area contributed by atoms with E-state index in [0.717, 1.165) is 49.8 Å². The summed E-state index contributed by atoms with van der Waals surface area (Å²) in [5.74, 6) is 1.87. The zero-order valence-corrected chi connectivity index (χ0v) is 27.6. The third-order valence-electron chi connectivity index (χ3n) is 9.35. The summed E-state index contributed by atoms with van der Waals surface area (Å²) in [4.78, 5) is 14.9. The summed E-state index contributed by atoms with van der Waals surface area (Å²) in [6, 6.07) is 56.9. The van der Waals surface area contributed by atoms with Crippen LogP contribution in [0.3, 0.4) is 0 Å². The third-order valence-corrected chi connectivity index (χ3v) is 10.5. The van der Waals surface area contributed by atoms with Crippen LogP contribution in [0.25, 0.3) is 98.5 Å². The summed E-state index contributed by atoms with van der Waals surface area (Å²) in [7, 11) is 0. The maximum Gasteiger partial charge on any atom is 0.164 e. The summed E-state index contributed by atoms with van der Waals surface area (Å²) in [6.07, 6.45) is 0. The molecule has 10 rings (SSSR count). The minimum Gasteiger partial charge on any atom is -0.456 e. The molecule has 7 aromatic carbocycles. The van der Waals surface area contributed by atoms with E-state index in [0.29, 0.717) is 17.5 Å². The number of benzene rings is 7. The average Bonchev–Trinajstić information content (AvgIpc) is 3.76. The maximum absolute atomic E-state index is 6.53. The molecule has 0 spiro atoms. The van der Waals surface area contributed by atoms with Crippen LogP contribution >= 0.6 is 11.3 Å². The number of furan rings is 1. The number of rotatable bonds is 5. The van der Waals surface area contributed by atoms with E-state index in [4.69, 9.17) is 19.4 Å². The van der Waals surface area contributed by atoms with E-state index < -0.39 is 0 Å². The van der Waals surface area contributed by atoms with Crippen molar-refractivity contribution in [1.29, 1.82) is 0 Å². The number of hydrogen-bond acceptors (Lipinski definition) is 5. The van der Waals surface area contributed by atoms with Gasteiger partial charge in [0.25, 0.3) is 0 Å². The van der Waals surface area contributed by atoms with Crippen LogP contribution < -0.4 is 0 Å². The molecule has 3 aromatic heterocycles. The SMILES string of the molecule is c1ccc(-c2nc(-c3ccccc3)nc(-c3cccc4oc5cc(-c6cccc(-c7ccc8c(c7)sc7ccccc78)c6)ccc5c34)n2)cc1. The monoisotopic (exact) mass is 657 g/mol. The second kappa shape index (κ2) is 11.6. The zero-order valence-electron chi connectivity index (χ0n) is 26.7. The van der Waals surface area contributed by atoms with Crippen molar-refractivity contribution in [3.63, 3.8) is 0 Å². The standard InChI is InChI=1S/C45H27N3OS/c1-3-11-28(12-4-1)43-46-44(29-13-5-2-6-14-29)48-45(47-43)37-18-10-19-38-42(37)36-24-22-32(26-39(36)49-38)30-15-9-16-31(25-30)33-21-23-35-34-17-7-8-20-40(34)50-41(35)27-33/h1-27H. The summed E-state index contributed by atoms with van der Waals surface area (Å²) in [6.45, 7) is 0. The van der Waals surface area contributed by atoms with Crippen LogP contribution in [-0.2, 0) is 0 Å². The van der Waals surface area contributed by atoms with Gasteiger partial charge >= 0.3 is 0 Å². The largest absolute Gasteiger partial charge is 0.456 e. The predicted octanol–water partition coefficient (Wildman–Crippen LogP) is 12.5. The lowest BCUT2D eigenvalue weighted by atomic mass is 9.97. The van der Waals surface area contributed by atoms with E-state index in [2.05, 4.69) is 91.0 Å². The molecule has 0 atom stereocenters. The minimum atomic E-state index is 0.610. The fraction of sp³-hybridized carbons (Fsp3) is 0. The molecular formula is C45H27N3OS. The molecule has 0 aliphatic carbocycles. The highest BCUT2D eigenvalue weighted by atomic mass is 32.1. The summed E-state index contributed by atoms with van der Waals surface area (Å²) in [5.41, 5.74) is 9.03. The van der Waals surface area contributed by atoms with Gasteiger partial charge in [0, 0.05) is 47.6 Å². The van der Waals surface area contributed by atoms with Crippen molar-refractivity contribution in [3.8, 4) is 56.4 Å². The van der Waals surface area contributed by atoms with Gasteiger partial charge in [0.1, 0.15) is 11.2 Å². The Balaban J connectivity index is 1.07. The summed E-state index contributed by atoms with van der Waals surface area (Å²) < 4.78 is 9.15. The molecule has 234 valence electrons. The number of aromatic nitrogens is 3. The van der Waals surface area contributed by atoms with Gasteiger partial charge in [-0.25, -0.2) is 15.0 Å². The van der Waals surface area contributed by atoms with Gasteiger partial charge < -0.3 is 4.42 Å². The Morgan fingerprint density at radius 2 is 0.920 bits per heavy atom. The first-order chi connectivity index (χ1) is 24.7. The molecule has 5 heteroatoms. The van der Waals surface area contributed by atoms with Gasteiger partial charge in [-0.1, -0.05) is 127 Å². The van der Waals surface area contributed by atoms with Crippen LogP contribution in [0.5, 0.6) is 0 Å². The lowest BCUT2D eigenvalue weighted by Crippen LogP contribution is -2.00. The zero-order chi connectivity index (χ0) is 33.0. The molecule has 50 heavy (non-hydrogen) atoms. The molecule has 0 fully saturated rings. The number of fused-ring (bicyclic) bond motifs is 6. The molecule has 0 bridgehead atoms. The van der Waals surface area contributed by atoms with E-state index in [1.807, 2.05) is 84.1 Å². The molecular weight excluding hydrogens is 631 g/mol. The van der Waals surface area contributed by atoms with Crippen LogP contribution in [0.15, 0.2) is 168 Å². The highest BCUT2D eigenvalue weighted by Gasteiger charge is 2.18. The van der Waals surface area contributed by atoms with Gasteiger partial charge in [0.2, 0.25) is 0 Å². The molecule has 0 aliphatic heterocycles. The topological polar surface area (TPSA) is 51.8 Å². The Morgan fingerprint density at radius 3 is 1.66 bits per heavy atom. The minimum absolute atomic E-state index is 0.610. The Hall–Kier alpha value is -6.43. The highest BCUT2D eigenvalue weighted by Crippen LogP contribution is 2.40. The van der Waals surface area contributed by atoms with E-state index in [-0.39, 0.29) is 0 Å². The van der Waals surface area contributed by atoms with E-state index in [1.54, 1.807) is 0 Å².